The molecule has 0 saturated heterocycles. The van der Waals surface area contributed by atoms with Gasteiger partial charge in [-0.1, -0.05) is 6.07 Å². The van der Waals surface area contributed by atoms with Crippen molar-refractivity contribution in [3.8, 4) is 11.5 Å². The van der Waals surface area contributed by atoms with Crippen LogP contribution >= 0.6 is 0 Å². The van der Waals surface area contributed by atoms with Gasteiger partial charge < -0.3 is 26.2 Å². The zero-order chi connectivity index (χ0) is 25.8. The minimum absolute atomic E-state index is 0.0239. The highest BCUT2D eigenvalue weighted by molar-refractivity contribution is 5.99. The van der Waals surface area contributed by atoms with Gasteiger partial charge >= 0.3 is 0 Å². The number of quaternary nitrogens is 1. The van der Waals surface area contributed by atoms with Crippen LogP contribution in [0.15, 0.2) is 35.6 Å². The molecule has 0 amide bonds. The van der Waals surface area contributed by atoms with Crippen LogP contribution in [0, 0.1) is 0 Å². The number of ketones is 2. The first kappa shape index (κ1) is 27.5. The summed E-state index contributed by atoms with van der Waals surface area (Å²) in [4.78, 5) is 30.2. The van der Waals surface area contributed by atoms with E-state index in [-0.39, 0.29) is 35.9 Å². The molecule has 1 aliphatic carbocycles. The van der Waals surface area contributed by atoms with Crippen LogP contribution in [0.3, 0.4) is 0 Å². The predicted octanol–water partition coefficient (Wildman–Crippen LogP) is 1.55. The number of aliphatic imine (C=N–C) groups is 1. The van der Waals surface area contributed by atoms with E-state index in [2.05, 4.69) is 21.8 Å². The van der Waals surface area contributed by atoms with Crippen LogP contribution in [0.5, 0.6) is 11.5 Å². The van der Waals surface area contributed by atoms with Gasteiger partial charge in [0.1, 0.15) is 17.8 Å². The number of phenolic OH excluding ortho intramolecular Hbond substituents is 1. The Labute approximate surface area is 214 Å². The molecule has 36 heavy (non-hydrogen) atoms. The molecule has 0 spiro atoms. The molecule has 2 aliphatic rings. The number of hydrogen-bond donors (Lipinski definition) is 5. The molecule has 0 radical (unpaired) electrons. The lowest BCUT2D eigenvalue weighted by molar-refractivity contribution is -0.843. The summed E-state index contributed by atoms with van der Waals surface area (Å²) >= 11 is 0. The van der Waals surface area contributed by atoms with Crippen LogP contribution in [-0.2, 0) is 16.0 Å². The second-order valence-electron chi connectivity index (χ2n) is 9.83. The maximum Gasteiger partial charge on any atom is 0.188 e. The van der Waals surface area contributed by atoms with Crippen LogP contribution in [0.1, 0.15) is 69.8 Å². The van der Waals surface area contributed by atoms with Gasteiger partial charge in [-0.2, -0.15) is 0 Å². The molecule has 9 heteroatoms. The summed E-state index contributed by atoms with van der Waals surface area (Å²) in [7, 11) is 1.65. The molecule has 0 bridgehead atoms. The van der Waals surface area contributed by atoms with Gasteiger partial charge in [-0.3, -0.25) is 19.5 Å². The van der Waals surface area contributed by atoms with E-state index < -0.39 is 0 Å². The van der Waals surface area contributed by atoms with Crippen molar-refractivity contribution in [2.45, 2.75) is 82.8 Å². The first-order chi connectivity index (χ1) is 17.4. The van der Waals surface area contributed by atoms with Gasteiger partial charge in [0.05, 0.1) is 25.3 Å². The van der Waals surface area contributed by atoms with Gasteiger partial charge in [0, 0.05) is 32.4 Å². The summed E-state index contributed by atoms with van der Waals surface area (Å²) in [5.41, 5.74) is 6.79. The lowest BCUT2D eigenvalue weighted by Gasteiger charge is -2.20. The smallest absolute Gasteiger partial charge is 0.188 e. The molecule has 6 N–H and O–H groups in total. The Morgan fingerprint density at radius 3 is 2.75 bits per heavy atom. The summed E-state index contributed by atoms with van der Waals surface area (Å²) in [6, 6.07) is 5.37. The van der Waals surface area contributed by atoms with E-state index >= 15 is 0 Å². The van der Waals surface area contributed by atoms with Crippen LogP contribution in [0.2, 0.25) is 0 Å². The largest absolute Gasteiger partial charge is 0.504 e. The lowest BCUT2D eigenvalue weighted by atomic mass is 10.0. The molecule has 1 fully saturated rings. The number of phenols is 1. The Morgan fingerprint density at radius 2 is 2.03 bits per heavy atom. The number of guanidine groups is 1. The van der Waals surface area contributed by atoms with Crippen LogP contribution < -0.4 is 26.0 Å². The van der Waals surface area contributed by atoms with Gasteiger partial charge in [-0.15, -0.1) is 0 Å². The molecule has 198 valence electrons. The van der Waals surface area contributed by atoms with Crippen molar-refractivity contribution in [1.82, 2.24) is 10.6 Å². The quantitative estimate of drug-likeness (QED) is 0.140. The highest BCUT2D eigenvalue weighted by atomic mass is 16.5. The first-order valence-electron chi connectivity index (χ1n) is 13.2. The van der Waals surface area contributed by atoms with Crippen molar-refractivity contribution in [3.05, 3.63) is 36.2 Å². The number of aryl methyl sites for hydroxylation is 1. The SMILES string of the molecule is CN=C(N)N[C@H](CCCC(=O)CC(=O)CCc1ccc(O)c(OC2CCCC2)c1)CC[NH+]1C=CNC1. The Balaban J connectivity index is 1.37. The predicted molar refractivity (Wildman–Crippen MR) is 140 cm³/mol. The fourth-order valence-electron chi connectivity index (χ4n) is 4.74. The summed E-state index contributed by atoms with van der Waals surface area (Å²) in [6.07, 6.45) is 12.1. The Bertz CT molecular complexity index is 927. The van der Waals surface area contributed by atoms with Crippen LogP contribution in [0.25, 0.3) is 0 Å². The number of rotatable bonds is 15. The summed E-state index contributed by atoms with van der Waals surface area (Å²) in [6.45, 7) is 1.83. The van der Waals surface area contributed by atoms with Crippen molar-refractivity contribution in [2.75, 3.05) is 20.3 Å². The number of nitrogens with zero attached hydrogens (tertiary/aromatic N) is 1. The minimum atomic E-state index is -0.0553. The topological polar surface area (TPSA) is 130 Å². The van der Waals surface area contributed by atoms with Crippen molar-refractivity contribution < 1.29 is 24.3 Å². The lowest BCUT2D eigenvalue weighted by Crippen LogP contribution is -3.07. The van der Waals surface area contributed by atoms with Crippen molar-refractivity contribution in [3.63, 3.8) is 0 Å². The third-order valence-electron chi connectivity index (χ3n) is 6.89. The fourth-order valence-corrected chi connectivity index (χ4v) is 4.74. The van der Waals surface area contributed by atoms with Gasteiger partial charge in [-0.25, -0.2) is 0 Å². The van der Waals surface area contributed by atoms with E-state index in [4.69, 9.17) is 10.5 Å². The van der Waals surface area contributed by atoms with Crippen LogP contribution in [0.4, 0.5) is 0 Å². The minimum Gasteiger partial charge on any atom is -0.504 e. The highest BCUT2D eigenvalue weighted by Crippen LogP contribution is 2.32. The van der Waals surface area contributed by atoms with E-state index in [1.54, 1.807) is 19.2 Å². The number of ether oxygens (including phenoxy) is 1. The van der Waals surface area contributed by atoms with Gasteiger partial charge in [-0.05, 0) is 62.6 Å². The number of hydrogen-bond acceptors (Lipinski definition) is 6. The number of carbonyl (C=O) groups excluding carboxylic acids is 2. The maximum absolute atomic E-state index is 12.4. The second-order valence-corrected chi connectivity index (χ2v) is 9.83. The average Bonchev–Trinajstić information content (AvgIpc) is 3.57. The zero-order valence-electron chi connectivity index (χ0n) is 21.4. The summed E-state index contributed by atoms with van der Waals surface area (Å²) < 4.78 is 5.94. The highest BCUT2D eigenvalue weighted by Gasteiger charge is 2.19. The van der Waals surface area contributed by atoms with E-state index in [1.807, 2.05) is 12.3 Å². The number of Topliss-reactive ketones (excluding diaryl/α,β-unsaturated/α-hetero) is 2. The molecule has 2 atom stereocenters. The van der Waals surface area contributed by atoms with Gasteiger partial charge in [0.25, 0.3) is 0 Å². The van der Waals surface area contributed by atoms with E-state index in [0.717, 1.165) is 57.3 Å². The summed E-state index contributed by atoms with van der Waals surface area (Å²) in [5, 5.41) is 16.5. The van der Waals surface area contributed by atoms with E-state index in [0.29, 0.717) is 37.4 Å². The van der Waals surface area contributed by atoms with E-state index in [9.17, 15) is 14.7 Å². The molecule has 3 rings (SSSR count). The second kappa shape index (κ2) is 14.5. The standard InChI is InChI=1S/C27H41N5O4/c1-29-27(28)31-21(13-15-32-16-14-30-19-32)5-4-6-22(33)18-23(34)11-9-20-10-12-25(35)26(17-20)36-24-7-2-3-8-24/h10,12,14,16-17,21,24,30,35H,2-9,11,13,15,18-19H2,1H3,(H3,28,29,31)/p+1/t21-/m1/s1. The normalized spacial score (nSPS) is 18.7. The molecule has 0 aromatic heterocycles. The first-order valence-corrected chi connectivity index (χ1v) is 13.2. The Hall–Kier alpha value is -3.07. The van der Waals surface area contributed by atoms with Gasteiger partial charge in [0.2, 0.25) is 0 Å². The van der Waals surface area contributed by atoms with Crippen molar-refractivity contribution >= 4 is 17.5 Å². The average molecular weight is 501 g/mol. The molecule has 1 heterocycles. The molecule has 1 aromatic rings. The third-order valence-corrected chi connectivity index (χ3v) is 6.89. The molecule has 1 unspecified atom stereocenters. The third kappa shape index (κ3) is 9.53. The van der Waals surface area contributed by atoms with Crippen molar-refractivity contribution in [1.29, 1.82) is 0 Å². The monoisotopic (exact) mass is 500 g/mol. The molecule has 1 saturated carbocycles. The number of carbonyl (C=O) groups is 2. The summed E-state index contributed by atoms with van der Waals surface area (Å²) in [5.74, 6) is 0.933. The van der Waals surface area contributed by atoms with Gasteiger partial charge in [0.15, 0.2) is 24.1 Å². The number of nitrogens with two attached hydrogens (primary N) is 1. The molecule has 1 aliphatic heterocycles. The molecule has 9 nitrogen and oxygen atoms in total. The Morgan fingerprint density at radius 1 is 1.25 bits per heavy atom. The number of nitrogens with one attached hydrogen (secondary N) is 3. The zero-order valence-corrected chi connectivity index (χ0v) is 21.4. The van der Waals surface area contributed by atoms with Crippen LogP contribution in [-0.4, -0.2) is 55.0 Å². The van der Waals surface area contributed by atoms with Crippen molar-refractivity contribution in [2.24, 2.45) is 10.7 Å². The molecular formula is C27H42N5O4+. The maximum atomic E-state index is 12.4. The number of aromatic hydroxyl groups is 1. The molecular weight excluding hydrogens is 458 g/mol. The molecule has 1 aromatic carbocycles. The van der Waals surface area contributed by atoms with E-state index in [1.165, 1.54) is 4.90 Å². The number of benzene rings is 1. The Kier molecular flexibility index (Phi) is 11.1. The fraction of sp³-hybridized carbons (Fsp3) is 0.593.